The number of thioether (sulfide) groups is 1. The highest BCUT2D eigenvalue weighted by Crippen LogP contribution is 2.34. The van der Waals surface area contributed by atoms with E-state index in [1.165, 1.54) is 16.2 Å². The minimum Gasteiger partial charge on any atom is -0.497 e. The van der Waals surface area contributed by atoms with Gasteiger partial charge in [0.15, 0.2) is 0 Å². The summed E-state index contributed by atoms with van der Waals surface area (Å²) >= 11 is 6.79. The first kappa shape index (κ1) is 24.5. The maximum absolute atomic E-state index is 13.6. The number of piperidine rings is 1. The molecule has 0 N–H and O–H groups in total. The molecule has 3 aromatic rings. The molecular weight excluding hydrogens is 492 g/mol. The number of amides is 1. The average Bonchev–Trinajstić information content (AvgIpc) is 3.17. The normalized spacial score (nSPS) is 18.0. The fourth-order valence-corrected chi connectivity index (χ4v) is 5.83. The Hall–Kier alpha value is -3.17. The minimum absolute atomic E-state index is 0.172. The lowest BCUT2D eigenvalue weighted by Crippen LogP contribution is -2.36. The summed E-state index contributed by atoms with van der Waals surface area (Å²) in [5, 5.41) is 0. The van der Waals surface area contributed by atoms with Crippen molar-refractivity contribution in [2.75, 3.05) is 31.6 Å². The molecule has 1 aromatic carbocycles. The molecule has 5 rings (SSSR count). The van der Waals surface area contributed by atoms with Gasteiger partial charge in [-0.15, -0.1) is 0 Å². The molecule has 0 radical (unpaired) electrons. The molecule has 2 aliphatic heterocycles. The van der Waals surface area contributed by atoms with E-state index < -0.39 is 0 Å². The second-order valence-corrected chi connectivity index (χ2v) is 10.9. The summed E-state index contributed by atoms with van der Waals surface area (Å²) in [6.07, 6.45) is 6.16. The van der Waals surface area contributed by atoms with Crippen molar-refractivity contribution in [1.82, 2.24) is 14.3 Å². The molecule has 0 bridgehead atoms. The number of ether oxygens (including phenoxy) is 1. The lowest BCUT2D eigenvalue weighted by atomic mass is 9.99. The number of carbonyl (C=O) groups excluding carboxylic acids is 1. The fourth-order valence-electron chi connectivity index (χ4n) is 4.54. The first-order valence-corrected chi connectivity index (χ1v) is 13.3. The van der Waals surface area contributed by atoms with E-state index in [4.69, 9.17) is 21.9 Å². The van der Waals surface area contributed by atoms with E-state index in [0.717, 1.165) is 37.2 Å². The molecular formula is C27H28N4O3S2. The summed E-state index contributed by atoms with van der Waals surface area (Å²) in [5.41, 5.74) is 1.94. The Morgan fingerprint density at radius 3 is 2.61 bits per heavy atom. The van der Waals surface area contributed by atoms with E-state index in [1.54, 1.807) is 30.3 Å². The van der Waals surface area contributed by atoms with Crippen molar-refractivity contribution in [2.24, 2.45) is 5.92 Å². The van der Waals surface area contributed by atoms with Crippen molar-refractivity contribution >= 4 is 51.7 Å². The smallest absolute Gasteiger partial charge is 0.267 e. The molecule has 186 valence electrons. The maximum Gasteiger partial charge on any atom is 0.267 e. The van der Waals surface area contributed by atoms with Gasteiger partial charge in [-0.3, -0.25) is 18.9 Å². The first-order chi connectivity index (χ1) is 17.4. The number of pyridine rings is 1. The van der Waals surface area contributed by atoms with Crippen LogP contribution in [0.2, 0.25) is 0 Å². The number of rotatable bonds is 6. The Balaban J connectivity index is 1.45. The van der Waals surface area contributed by atoms with Crippen LogP contribution in [-0.2, 0) is 11.2 Å². The van der Waals surface area contributed by atoms with Gasteiger partial charge < -0.3 is 9.64 Å². The molecule has 0 spiro atoms. The van der Waals surface area contributed by atoms with Crippen molar-refractivity contribution < 1.29 is 9.53 Å². The topological polar surface area (TPSA) is 67.2 Å². The van der Waals surface area contributed by atoms with E-state index in [-0.39, 0.29) is 11.5 Å². The minimum atomic E-state index is -0.183. The van der Waals surface area contributed by atoms with Gasteiger partial charge in [-0.1, -0.05) is 49.1 Å². The Bertz CT molecular complexity index is 1390. The van der Waals surface area contributed by atoms with Crippen LogP contribution in [0.3, 0.4) is 0 Å². The SMILES string of the molecule is COc1ccc(CCN2C(=O)/C(=C\c3c(N4CCC(C)CC4)nc4ccccn4c3=O)SC2=S)cc1. The monoisotopic (exact) mass is 520 g/mol. The van der Waals surface area contributed by atoms with Crippen molar-refractivity contribution in [2.45, 2.75) is 26.2 Å². The highest BCUT2D eigenvalue weighted by molar-refractivity contribution is 8.26. The quantitative estimate of drug-likeness (QED) is 0.353. The average molecular weight is 521 g/mol. The van der Waals surface area contributed by atoms with Gasteiger partial charge in [0.25, 0.3) is 11.5 Å². The van der Waals surface area contributed by atoms with E-state index in [1.807, 2.05) is 36.4 Å². The summed E-state index contributed by atoms with van der Waals surface area (Å²) in [5.74, 6) is 1.91. The zero-order chi connectivity index (χ0) is 25.2. The zero-order valence-corrected chi connectivity index (χ0v) is 22.0. The van der Waals surface area contributed by atoms with Crippen LogP contribution in [0.15, 0.2) is 58.4 Å². The van der Waals surface area contributed by atoms with Crippen molar-refractivity contribution in [3.63, 3.8) is 0 Å². The largest absolute Gasteiger partial charge is 0.497 e. The summed E-state index contributed by atoms with van der Waals surface area (Å²) in [6, 6.07) is 13.3. The highest BCUT2D eigenvalue weighted by atomic mass is 32.2. The number of nitrogens with zero attached hydrogens (tertiary/aromatic N) is 4. The molecule has 2 aromatic heterocycles. The number of benzene rings is 1. The third-order valence-corrected chi connectivity index (χ3v) is 8.14. The van der Waals surface area contributed by atoms with Gasteiger partial charge >= 0.3 is 0 Å². The lowest BCUT2D eigenvalue weighted by molar-refractivity contribution is -0.122. The van der Waals surface area contributed by atoms with Crippen molar-refractivity contribution in [3.05, 3.63) is 75.0 Å². The Morgan fingerprint density at radius 1 is 1.14 bits per heavy atom. The summed E-state index contributed by atoms with van der Waals surface area (Å²) in [6.45, 7) is 4.39. The van der Waals surface area contributed by atoms with Gasteiger partial charge in [-0.25, -0.2) is 4.98 Å². The van der Waals surface area contributed by atoms with E-state index in [0.29, 0.717) is 45.1 Å². The Morgan fingerprint density at radius 2 is 1.89 bits per heavy atom. The highest BCUT2D eigenvalue weighted by Gasteiger charge is 2.33. The molecule has 2 aliphatic rings. The number of methoxy groups -OCH3 is 1. The van der Waals surface area contributed by atoms with Gasteiger partial charge in [-0.05, 0) is 61.1 Å². The van der Waals surface area contributed by atoms with Gasteiger partial charge in [0.2, 0.25) is 0 Å². The molecule has 0 saturated carbocycles. The predicted octanol–water partition coefficient (Wildman–Crippen LogP) is 4.38. The molecule has 2 fully saturated rings. The molecule has 0 unspecified atom stereocenters. The van der Waals surface area contributed by atoms with Crippen LogP contribution in [0.4, 0.5) is 5.82 Å². The number of anilines is 1. The number of hydrogen-bond donors (Lipinski definition) is 0. The Labute approximate surface area is 219 Å². The molecule has 9 heteroatoms. The van der Waals surface area contributed by atoms with E-state index in [9.17, 15) is 9.59 Å². The molecule has 2 saturated heterocycles. The summed E-state index contributed by atoms with van der Waals surface area (Å²) in [7, 11) is 1.63. The third-order valence-electron chi connectivity index (χ3n) is 6.76. The second-order valence-electron chi connectivity index (χ2n) is 9.18. The van der Waals surface area contributed by atoms with Crippen LogP contribution < -0.4 is 15.2 Å². The van der Waals surface area contributed by atoms with E-state index >= 15 is 0 Å². The summed E-state index contributed by atoms with van der Waals surface area (Å²) < 4.78 is 7.25. The van der Waals surface area contributed by atoms with Gasteiger partial charge in [0, 0.05) is 25.8 Å². The first-order valence-electron chi connectivity index (χ1n) is 12.1. The number of carbonyl (C=O) groups is 1. The Kier molecular flexibility index (Phi) is 7.11. The lowest BCUT2D eigenvalue weighted by Gasteiger charge is -2.32. The molecule has 0 aliphatic carbocycles. The fraction of sp³-hybridized carbons (Fsp3) is 0.333. The van der Waals surface area contributed by atoms with Crippen LogP contribution in [0.25, 0.3) is 11.7 Å². The van der Waals surface area contributed by atoms with Gasteiger partial charge in [0.05, 0.1) is 17.6 Å². The van der Waals surface area contributed by atoms with Crippen LogP contribution >= 0.6 is 24.0 Å². The summed E-state index contributed by atoms with van der Waals surface area (Å²) in [4.78, 5) is 36.0. The van der Waals surface area contributed by atoms with E-state index in [2.05, 4.69) is 11.8 Å². The number of hydrogen-bond acceptors (Lipinski definition) is 7. The second kappa shape index (κ2) is 10.4. The molecule has 4 heterocycles. The maximum atomic E-state index is 13.6. The van der Waals surface area contributed by atoms with Gasteiger partial charge in [-0.2, -0.15) is 0 Å². The van der Waals surface area contributed by atoms with Crippen LogP contribution in [0.5, 0.6) is 5.75 Å². The van der Waals surface area contributed by atoms with Crippen molar-refractivity contribution in [1.29, 1.82) is 0 Å². The number of aromatic nitrogens is 2. The number of fused-ring (bicyclic) bond motifs is 1. The van der Waals surface area contributed by atoms with Crippen LogP contribution in [0, 0.1) is 5.92 Å². The standard InChI is InChI=1S/C27H28N4O3S2/c1-18-10-14-29(15-11-18)24-21(25(32)30-13-4-3-5-23(30)28-24)17-22-26(33)31(27(35)36-22)16-12-19-6-8-20(34-2)9-7-19/h3-9,13,17-18H,10-12,14-16H2,1-2H3/b22-17+. The number of thiocarbonyl (C=S) groups is 1. The molecule has 7 nitrogen and oxygen atoms in total. The van der Waals surface area contributed by atoms with Gasteiger partial charge in [0.1, 0.15) is 21.5 Å². The zero-order valence-electron chi connectivity index (χ0n) is 20.3. The molecule has 0 atom stereocenters. The van der Waals surface area contributed by atoms with Crippen molar-refractivity contribution in [3.8, 4) is 5.75 Å². The van der Waals surface area contributed by atoms with Crippen LogP contribution in [-0.4, -0.2) is 51.3 Å². The molecule has 36 heavy (non-hydrogen) atoms. The third kappa shape index (κ3) is 4.90. The predicted molar refractivity (Wildman–Crippen MR) is 149 cm³/mol. The van der Waals surface area contributed by atoms with Crippen LogP contribution in [0.1, 0.15) is 30.9 Å². The molecule has 1 amide bonds.